The third kappa shape index (κ3) is 6.98. The molecule has 156 valence electrons. The van der Waals surface area contributed by atoms with Gasteiger partial charge in [-0.05, 0) is 47.6 Å². The maximum absolute atomic E-state index is 12.6. The minimum Gasteiger partial charge on any atom is -0.496 e. The van der Waals surface area contributed by atoms with Gasteiger partial charge in [0.05, 0.1) is 13.7 Å². The molecular weight excluding hydrogens is 366 g/mol. The van der Waals surface area contributed by atoms with E-state index in [2.05, 4.69) is 5.16 Å². The number of amidine groups is 1. The topological polar surface area (TPSA) is 124 Å². The molecule has 0 unspecified atom stereocenters. The summed E-state index contributed by atoms with van der Waals surface area (Å²) in [5.74, 6) is 0.252. The summed E-state index contributed by atoms with van der Waals surface area (Å²) < 4.78 is 16.0. The number of oxime groups is 1. The van der Waals surface area contributed by atoms with Crippen LogP contribution >= 0.6 is 0 Å². The molecule has 1 aromatic carbocycles. The van der Waals surface area contributed by atoms with E-state index in [-0.39, 0.29) is 12.4 Å². The highest BCUT2D eigenvalue weighted by Crippen LogP contribution is 2.24. The van der Waals surface area contributed by atoms with Gasteiger partial charge in [-0.15, -0.1) is 0 Å². The van der Waals surface area contributed by atoms with Gasteiger partial charge in [0.25, 0.3) is 0 Å². The van der Waals surface area contributed by atoms with Crippen LogP contribution in [0, 0.1) is 0 Å². The van der Waals surface area contributed by atoms with Crippen LogP contribution in [-0.2, 0) is 16.0 Å². The predicted molar refractivity (Wildman–Crippen MR) is 104 cm³/mol. The van der Waals surface area contributed by atoms with Gasteiger partial charge in [-0.25, -0.2) is 14.5 Å². The predicted octanol–water partition coefficient (Wildman–Crippen LogP) is 3.46. The first-order valence-electron chi connectivity index (χ1n) is 8.65. The average Bonchev–Trinajstić information content (AvgIpc) is 2.55. The molecule has 9 nitrogen and oxygen atoms in total. The van der Waals surface area contributed by atoms with Gasteiger partial charge in [0, 0.05) is 11.1 Å². The number of nitrogens with zero attached hydrogens (tertiary/aromatic N) is 2. The highest BCUT2D eigenvalue weighted by Gasteiger charge is 2.32. The van der Waals surface area contributed by atoms with Crippen molar-refractivity contribution in [2.45, 2.75) is 59.3 Å². The monoisotopic (exact) mass is 395 g/mol. The van der Waals surface area contributed by atoms with Crippen molar-refractivity contribution in [2.24, 2.45) is 10.9 Å². The lowest BCUT2D eigenvalue weighted by molar-refractivity contribution is -0.000331. The molecular formula is C19H29N3O6. The van der Waals surface area contributed by atoms with Crippen molar-refractivity contribution in [2.75, 3.05) is 7.11 Å². The molecule has 0 saturated carbocycles. The third-order valence-corrected chi connectivity index (χ3v) is 3.25. The number of methoxy groups -OCH3 is 1. The number of carbonyl (C=O) groups excluding carboxylic acids is 2. The number of rotatable bonds is 4. The Balaban J connectivity index is 3.25. The Labute approximate surface area is 165 Å². The number of carbonyl (C=O) groups is 2. The number of hydrogen-bond donors (Lipinski definition) is 2. The fraction of sp³-hybridized carbons (Fsp3) is 0.526. The Morgan fingerprint density at radius 2 is 1.57 bits per heavy atom. The van der Waals surface area contributed by atoms with E-state index in [0.29, 0.717) is 16.9 Å². The Morgan fingerprint density at radius 1 is 1.07 bits per heavy atom. The number of imide groups is 1. The molecule has 0 saturated heterocycles. The van der Waals surface area contributed by atoms with E-state index >= 15 is 0 Å². The molecule has 0 fully saturated rings. The highest BCUT2D eigenvalue weighted by atomic mass is 16.6. The van der Waals surface area contributed by atoms with Crippen molar-refractivity contribution in [3.8, 4) is 5.75 Å². The Hall–Kier alpha value is -2.97. The van der Waals surface area contributed by atoms with Crippen LogP contribution in [0.4, 0.5) is 9.59 Å². The van der Waals surface area contributed by atoms with Crippen LogP contribution in [0.1, 0.15) is 52.7 Å². The van der Waals surface area contributed by atoms with Gasteiger partial charge in [-0.2, -0.15) is 0 Å². The second-order valence-corrected chi connectivity index (χ2v) is 8.06. The maximum atomic E-state index is 12.6. The van der Waals surface area contributed by atoms with Gasteiger partial charge >= 0.3 is 12.2 Å². The summed E-state index contributed by atoms with van der Waals surface area (Å²) in [6.07, 6.45) is -1.69. The van der Waals surface area contributed by atoms with E-state index in [9.17, 15) is 9.59 Å². The third-order valence-electron chi connectivity index (χ3n) is 3.25. The summed E-state index contributed by atoms with van der Waals surface area (Å²) in [7, 11) is 1.43. The number of benzene rings is 1. The summed E-state index contributed by atoms with van der Waals surface area (Å²) in [4.78, 5) is 26.1. The summed E-state index contributed by atoms with van der Waals surface area (Å²) >= 11 is 0. The second kappa shape index (κ2) is 8.81. The molecule has 0 aliphatic heterocycles. The molecule has 0 atom stereocenters. The van der Waals surface area contributed by atoms with Crippen LogP contribution < -0.4 is 10.5 Å². The molecule has 3 N–H and O–H groups in total. The lowest BCUT2D eigenvalue weighted by atomic mass is 10.1. The van der Waals surface area contributed by atoms with Gasteiger partial charge in [-0.3, -0.25) is 0 Å². The molecule has 0 spiro atoms. The summed E-state index contributed by atoms with van der Waals surface area (Å²) in [5, 5.41) is 11.8. The molecule has 1 rings (SSSR count). The molecule has 9 heteroatoms. The van der Waals surface area contributed by atoms with Crippen molar-refractivity contribution in [3.05, 3.63) is 29.3 Å². The molecule has 0 aliphatic carbocycles. The minimum absolute atomic E-state index is 0.0963. The van der Waals surface area contributed by atoms with Gasteiger partial charge in [0.2, 0.25) is 0 Å². The first-order chi connectivity index (χ1) is 12.8. The number of nitrogens with two attached hydrogens (primary N) is 1. The van der Waals surface area contributed by atoms with Crippen molar-refractivity contribution in [1.29, 1.82) is 0 Å². The first kappa shape index (κ1) is 23.1. The van der Waals surface area contributed by atoms with Gasteiger partial charge in [0.1, 0.15) is 17.0 Å². The zero-order chi connectivity index (χ0) is 21.7. The number of hydrogen-bond acceptors (Lipinski definition) is 7. The standard InChI is InChI=1S/C19H29N3O6/c1-18(2,3)27-16(23)22(17(24)28-19(4,5)6)11-13-9-8-12(15(20)21-25)10-14(13)26-7/h8-10,25H,11H2,1-7H3,(H2,20,21). The van der Waals surface area contributed by atoms with E-state index in [0.717, 1.165) is 4.90 Å². The summed E-state index contributed by atoms with van der Waals surface area (Å²) in [5.41, 5.74) is 4.93. The van der Waals surface area contributed by atoms with Crippen molar-refractivity contribution in [3.63, 3.8) is 0 Å². The molecule has 0 heterocycles. The normalized spacial score (nSPS) is 12.3. The molecule has 0 radical (unpaired) electrons. The minimum atomic E-state index is -0.843. The number of ether oxygens (including phenoxy) is 3. The Kier molecular flexibility index (Phi) is 7.26. The second-order valence-electron chi connectivity index (χ2n) is 8.06. The van der Waals surface area contributed by atoms with Crippen molar-refractivity contribution >= 4 is 18.0 Å². The fourth-order valence-corrected chi connectivity index (χ4v) is 2.10. The number of amides is 2. The van der Waals surface area contributed by atoms with Crippen LogP contribution in [0.3, 0.4) is 0 Å². The fourth-order valence-electron chi connectivity index (χ4n) is 2.10. The van der Waals surface area contributed by atoms with Crippen LogP contribution in [-0.4, -0.2) is 46.4 Å². The highest BCUT2D eigenvalue weighted by molar-refractivity contribution is 5.97. The van der Waals surface area contributed by atoms with Gasteiger partial charge < -0.3 is 25.2 Å². The van der Waals surface area contributed by atoms with Crippen LogP contribution in [0.15, 0.2) is 23.4 Å². The summed E-state index contributed by atoms with van der Waals surface area (Å²) in [6, 6.07) is 4.72. The largest absolute Gasteiger partial charge is 0.496 e. The average molecular weight is 395 g/mol. The van der Waals surface area contributed by atoms with E-state index in [1.54, 1.807) is 53.7 Å². The molecule has 0 aromatic heterocycles. The van der Waals surface area contributed by atoms with E-state index in [1.165, 1.54) is 13.2 Å². The van der Waals surface area contributed by atoms with E-state index in [1.807, 2.05) is 0 Å². The zero-order valence-electron chi connectivity index (χ0n) is 17.4. The van der Waals surface area contributed by atoms with Gasteiger partial charge in [-0.1, -0.05) is 17.3 Å². The van der Waals surface area contributed by atoms with Crippen molar-refractivity contribution < 1.29 is 29.0 Å². The van der Waals surface area contributed by atoms with E-state index < -0.39 is 23.4 Å². The smallest absolute Gasteiger partial charge is 0.420 e. The summed E-state index contributed by atoms with van der Waals surface area (Å²) in [6.45, 7) is 10.0. The van der Waals surface area contributed by atoms with Crippen LogP contribution in [0.2, 0.25) is 0 Å². The van der Waals surface area contributed by atoms with E-state index in [4.69, 9.17) is 25.2 Å². The SMILES string of the molecule is COc1cc(/C(N)=N\O)ccc1CN(C(=O)OC(C)(C)C)C(=O)OC(C)(C)C. The molecule has 28 heavy (non-hydrogen) atoms. The Morgan fingerprint density at radius 3 is 1.96 bits per heavy atom. The van der Waals surface area contributed by atoms with Crippen LogP contribution in [0.5, 0.6) is 5.75 Å². The van der Waals surface area contributed by atoms with Crippen LogP contribution in [0.25, 0.3) is 0 Å². The van der Waals surface area contributed by atoms with Gasteiger partial charge in [0.15, 0.2) is 5.84 Å². The first-order valence-corrected chi connectivity index (χ1v) is 8.65. The lowest BCUT2D eigenvalue weighted by Crippen LogP contribution is -2.43. The molecule has 1 aromatic rings. The molecule has 0 aliphatic rings. The maximum Gasteiger partial charge on any atom is 0.420 e. The molecule has 2 amide bonds. The quantitative estimate of drug-likeness (QED) is 0.346. The molecule has 0 bridgehead atoms. The van der Waals surface area contributed by atoms with Crippen molar-refractivity contribution in [1.82, 2.24) is 4.90 Å². The lowest BCUT2D eigenvalue weighted by Gasteiger charge is -2.29. The Bertz CT molecular complexity index is 719. The zero-order valence-corrected chi connectivity index (χ0v) is 17.4.